The van der Waals surface area contributed by atoms with E-state index in [-0.39, 0.29) is 6.10 Å². The van der Waals surface area contributed by atoms with Crippen LogP contribution in [0.15, 0.2) is 24.3 Å². The number of hydrogen-bond acceptors (Lipinski definition) is 4. The molecule has 0 amide bonds. The van der Waals surface area contributed by atoms with Gasteiger partial charge in [-0.15, -0.1) is 0 Å². The van der Waals surface area contributed by atoms with Crippen molar-refractivity contribution in [2.75, 3.05) is 11.8 Å². The van der Waals surface area contributed by atoms with Crippen molar-refractivity contribution in [2.24, 2.45) is 0 Å². The predicted molar refractivity (Wildman–Crippen MR) is 68.6 cm³/mol. The summed E-state index contributed by atoms with van der Waals surface area (Å²) in [4.78, 5) is 11.5. The highest BCUT2D eigenvalue weighted by molar-refractivity contribution is 7.90. The minimum Gasteiger partial charge on any atom is -0.459 e. The maximum Gasteiger partial charge on any atom is 0.338 e. The summed E-state index contributed by atoms with van der Waals surface area (Å²) in [5.74, 6) is -0.437. The van der Waals surface area contributed by atoms with Crippen LogP contribution in [-0.2, 0) is 14.9 Å². The zero-order chi connectivity index (χ0) is 13.8. The zero-order valence-corrected chi connectivity index (χ0v) is 11.2. The molecular formula is C11H16N2O4S. The topological polar surface area (TPSA) is 84.5 Å². The number of benzene rings is 1. The Labute approximate surface area is 107 Å². The van der Waals surface area contributed by atoms with Crippen molar-refractivity contribution < 1.29 is 17.9 Å². The van der Waals surface area contributed by atoms with Crippen LogP contribution in [0.5, 0.6) is 0 Å². The lowest BCUT2D eigenvalue weighted by Crippen LogP contribution is -2.26. The summed E-state index contributed by atoms with van der Waals surface area (Å²) in [5.41, 5.74) is 0.738. The Morgan fingerprint density at radius 1 is 1.22 bits per heavy atom. The lowest BCUT2D eigenvalue weighted by Gasteiger charge is -2.09. The van der Waals surface area contributed by atoms with Gasteiger partial charge in [-0.25, -0.2) is 9.52 Å². The van der Waals surface area contributed by atoms with E-state index >= 15 is 0 Å². The second-order valence-electron chi connectivity index (χ2n) is 3.84. The molecule has 0 bridgehead atoms. The molecule has 0 saturated carbocycles. The molecule has 100 valence electrons. The van der Waals surface area contributed by atoms with Crippen LogP contribution in [0.3, 0.4) is 0 Å². The van der Waals surface area contributed by atoms with E-state index in [0.717, 1.165) is 0 Å². The molecule has 18 heavy (non-hydrogen) atoms. The molecule has 0 aliphatic heterocycles. The fourth-order valence-electron chi connectivity index (χ4n) is 1.16. The quantitative estimate of drug-likeness (QED) is 0.787. The Hall–Kier alpha value is -1.60. The lowest BCUT2D eigenvalue weighted by molar-refractivity contribution is 0.0378. The van der Waals surface area contributed by atoms with E-state index in [4.69, 9.17) is 4.74 Å². The molecule has 0 heterocycles. The van der Waals surface area contributed by atoms with Gasteiger partial charge in [-0.2, -0.15) is 8.42 Å². The number of esters is 1. The maximum absolute atomic E-state index is 11.5. The lowest BCUT2D eigenvalue weighted by atomic mass is 10.2. The number of carbonyl (C=O) groups is 1. The highest BCUT2D eigenvalue weighted by Crippen LogP contribution is 2.12. The second-order valence-corrected chi connectivity index (χ2v) is 5.46. The molecule has 1 aromatic carbocycles. The number of ether oxygens (including phenoxy) is 1. The van der Waals surface area contributed by atoms with Crippen molar-refractivity contribution in [3.63, 3.8) is 0 Å². The number of hydrogen-bond donors (Lipinski definition) is 2. The Morgan fingerprint density at radius 3 is 2.22 bits per heavy atom. The first kappa shape index (κ1) is 14.5. The average Bonchev–Trinajstić information content (AvgIpc) is 2.28. The summed E-state index contributed by atoms with van der Waals surface area (Å²) in [6.07, 6.45) is -0.194. The van der Waals surface area contributed by atoms with Gasteiger partial charge < -0.3 is 4.74 Å². The maximum atomic E-state index is 11.5. The number of anilines is 1. The summed E-state index contributed by atoms with van der Waals surface area (Å²) in [6.45, 7) is 3.51. The van der Waals surface area contributed by atoms with Crippen LogP contribution >= 0.6 is 0 Å². The first-order valence-electron chi connectivity index (χ1n) is 5.36. The monoisotopic (exact) mass is 272 g/mol. The van der Waals surface area contributed by atoms with E-state index in [9.17, 15) is 13.2 Å². The number of carbonyl (C=O) groups excluding carboxylic acids is 1. The number of rotatable bonds is 5. The summed E-state index contributed by atoms with van der Waals surface area (Å²) >= 11 is 0. The fraction of sp³-hybridized carbons (Fsp3) is 0.364. The van der Waals surface area contributed by atoms with Gasteiger partial charge >= 0.3 is 5.97 Å². The normalized spacial score (nSPS) is 11.3. The Morgan fingerprint density at radius 2 is 1.78 bits per heavy atom. The van der Waals surface area contributed by atoms with E-state index in [1.807, 2.05) is 0 Å². The van der Waals surface area contributed by atoms with E-state index in [0.29, 0.717) is 11.3 Å². The Bertz CT molecular complexity index is 508. The van der Waals surface area contributed by atoms with Crippen molar-refractivity contribution in [3.8, 4) is 0 Å². The molecular weight excluding hydrogens is 256 g/mol. The third-order valence-corrected chi connectivity index (χ3v) is 3.03. The predicted octanol–water partition coefficient (Wildman–Crippen LogP) is 1.13. The van der Waals surface area contributed by atoms with Crippen LogP contribution < -0.4 is 9.44 Å². The summed E-state index contributed by atoms with van der Waals surface area (Å²) in [5, 5.41) is 0. The molecule has 0 atom stereocenters. The molecule has 0 radical (unpaired) electrons. The third-order valence-electron chi connectivity index (χ3n) is 1.98. The molecule has 0 saturated heterocycles. The minimum absolute atomic E-state index is 0.194. The SMILES string of the molecule is CNS(=O)(=O)Nc1ccc(C(=O)OC(C)C)cc1. The van der Waals surface area contributed by atoms with Crippen molar-refractivity contribution in [3.05, 3.63) is 29.8 Å². The van der Waals surface area contributed by atoms with E-state index in [2.05, 4.69) is 9.44 Å². The molecule has 6 nitrogen and oxygen atoms in total. The summed E-state index contributed by atoms with van der Waals surface area (Å²) in [6, 6.07) is 5.98. The molecule has 0 spiro atoms. The molecule has 1 aromatic rings. The average molecular weight is 272 g/mol. The van der Waals surface area contributed by atoms with Gasteiger partial charge in [0.2, 0.25) is 0 Å². The van der Waals surface area contributed by atoms with Crippen LogP contribution in [0, 0.1) is 0 Å². The molecule has 0 aromatic heterocycles. The van der Waals surface area contributed by atoms with Gasteiger partial charge in [0.25, 0.3) is 10.2 Å². The van der Waals surface area contributed by atoms with Gasteiger partial charge in [-0.05, 0) is 38.1 Å². The summed E-state index contributed by atoms with van der Waals surface area (Å²) < 4.78 is 31.9. The first-order chi connectivity index (χ1) is 8.34. The third kappa shape index (κ3) is 4.34. The van der Waals surface area contributed by atoms with Gasteiger partial charge in [0.1, 0.15) is 0 Å². The van der Waals surface area contributed by atoms with Crippen LogP contribution in [0.1, 0.15) is 24.2 Å². The Kier molecular flexibility index (Phi) is 4.69. The van der Waals surface area contributed by atoms with Gasteiger partial charge in [0.05, 0.1) is 11.7 Å². The molecule has 0 fully saturated rings. The van der Waals surface area contributed by atoms with Crippen LogP contribution in [0.25, 0.3) is 0 Å². The summed E-state index contributed by atoms with van der Waals surface area (Å²) in [7, 11) is -2.24. The smallest absolute Gasteiger partial charge is 0.338 e. The van der Waals surface area contributed by atoms with Crippen molar-refractivity contribution >= 4 is 21.9 Å². The van der Waals surface area contributed by atoms with Gasteiger partial charge in [0.15, 0.2) is 0 Å². The largest absolute Gasteiger partial charge is 0.459 e. The molecule has 7 heteroatoms. The minimum atomic E-state index is -3.54. The zero-order valence-electron chi connectivity index (χ0n) is 10.4. The standard InChI is InChI=1S/C11H16N2O4S/c1-8(2)17-11(14)9-4-6-10(7-5-9)13-18(15,16)12-3/h4-8,12-13H,1-3H3. The second kappa shape index (κ2) is 5.83. The molecule has 0 unspecified atom stereocenters. The van der Waals surface area contributed by atoms with Crippen molar-refractivity contribution in [1.29, 1.82) is 0 Å². The molecule has 0 aliphatic rings. The molecule has 2 N–H and O–H groups in total. The van der Waals surface area contributed by atoms with E-state index in [1.165, 1.54) is 31.3 Å². The fourth-order valence-corrected chi connectivity index (χ4v) is 1.71. The number of nitrogens with one attached hydrogen (secondary N) is 2. The highest BCUT2D eigenvalue weighted by Gasteiger charge is 2.10. The first-order valence-corrected chi connectivity index (χ1v) is 6.84. The van der Waals surface area contributed by atoms with Gasteiger partial charge in [-0.3, -0.25) is 4.72 Å². The Balaban J connectivity index is 2.77. The van der Waals surface area contributed by atoms with Crippen molar-refractivity contribution in [2.45, 2.75) is 20.0 Å². The van der Waals surface area contributed by atoms with Crippen LogP contribution in [-0.4, -0.2) is 27.5 Å². The molecule has 0 aliphatic carbocycles. The van der Waals surface area contributed by atoms with Crippen LogP contribution in [0.2, 0.25) is 0 Å². The highest BCUT2D eigenvalue weighted by atomic mass is 32.2. The molecule has 1 rings (SSSR count). The van der Waals surface area contributed by atoms with Gasteiger partial charge in [-0.1, -0.05) is 0 Å². The van der Waals surface area contributed by atoms with E-state index in [1.54, 1.807) is 13.8 Å². The van der Waals surface area contributed by atoms with Crippen LogP contribution in [0.4, 0.5) is 5.69 Å². The van der Waals surface area contributed by atoms with E-state index < -0.39 is 16.2 Å². The van der Waals surface area contributed by atoms with Gasteiger partial charge in [0, 0.05) is 12.7 Å². The van der Waals surface area contributed by atoms with Crippen molar-refractivity contribution in [1.82, 2.24) is 4.72 Å².